The van der Waals surface area contributed by atoms with Crippen molar-refractivity contribution in [2.75, 3.05) is 57.5 Å². The molecule has 0 spiro atoms. The molecule has 1 fully saturated rings. The molecule has 1 aliphatic rings. The molecule has 1 aromatic heterocycles. The molecule has 0 radical (unpaired) electrons. The van der Waals surface area contributed by atoms with Crippen LogP contribution in [0.15, 0.2) is 67.0 Å². The molecule has 0 aliphatic carbocycles. The number of hydrogen-bond acceptors (Lipinski definition) is 5. The highest BCUT2D eigenvalue weighted by Crippen LogP contribution is 2.26. The van der Waals surface area contributed by atoms with E-state index < -0.39 is 0 Å². The summed E-state index contributed by atoms with van der Waals surface area (Å²) in [6.45, 7) is 4.31. The van der Waals surface area contributed by atoms with E-state index in [0.717, 1.165) is 48.7 Å². The Morgan fingerprint density at radius 1 is 0.903 bits per heavy atom. The average molecular weight is 416 g/mol. The fourth-order valence-corrected chi connectivity index (χ4v) is 3.74. The second-order valence-corrected chi connectivity index (χ2v) is 8.20. The van der Waals surface area contributed by atoms with Gasteiger partial charge in [-0.1, -0.05) is 12.1 Å². The van der Waals surface area contributed by atoms with E-state index in [4.69, 9.17) is 0 Å². The summed E-state index contributed by atoms with van der Waals surface area (Å²) in [5, 5.41) is 3.44. The second-order valence-electron chi connectivity index (χ2n) is 8.20. The molecule has 0 saturated carbocycles. The van der Waals surface area contributed by atoms with Crippen LogP contribution in [-0.4, -0.2) is 68.0 Å². The predicted octanol–water partition coefficient (Wildman–Crippen LogP) is 3.95. The van der Waals surface area contributed by atoms with E-state index >= 15 is 0 Å². The van der Waals surface area contributed by atoms with Gasteiger partial charge in [0.25, 0.3) is 5.91 Å². The van der Waals surface area contributed by atoms with Crippen LogP contribution in [0.3, 0.4) is 0 Å². The first-order valence-electron chi connectivity index (χ1n) is 10.6. The van der Waals surface area contributed by atoms with Gasteiger partial charge in [0.05, 0.1) is 11.9 Å². The summed E-state index contributed by atoms with van der Waals surface area (Å²) in [4.78, 5) is 23.0. The highest BCUT2D eigenvalue weighted by molar-refractivity contribution is 5.95. The van der Waals surface area contributed by atoms with E-state index in [0.29, 0.717) is 5.56 Å². The third kappa shape index (κ3) is 5.03. The summed E-state index contributed by atoms with van der Waals surface area (Å²) in [6.07, 6.45) is 3.63. The van der Waals surface area contributed by atoms with Crippen LogP contribution in [0.5, 0.6) is 0 Å². The first kappa shape index (κ1) is 20.9. The fraction of sp³-hybridized carbons (Fsp3) is 0.280. The number of carbonyl (C=O) groups excluding carboxylic acids is 1. The minimum Gasteiger partial charge on any atom is -0.369 e. The van der Waals surface area contributed by atoms with Crippen LogP contribution in [0.4, 0.5) is 17.1 Å². The maximum atomic E-state index is 12.3. The minimum absolute atomic E-state index is 0.00970. The third-order valence-corrected chi connectivity index (χ3v) is 5.61. The molecule has 2 aromatic carbocycles. The maximum Gasteiger partial charge on any atom is 0.253 e. The largest absolute Gasteiger partial charge is 0.369 e. The van der Waals surface area contributed by atoms with Crippen molar-refractivity contribution in [2.24, 2.45) is 0 Å². The first-order chi connectivity index (χ1) is 15.0. The zero-order chi connectivity index (χ0) is 21.8. The summed E-state index contributed by atoms with van der Waals surface area (Å²) in [5.74, 6) is -0.00970. The lowest BCUT2D eigenvalue weighted by Gasteiger charge is -2.34. The lowest BCUT2D eigenvalue weighted by molar-refractivity contribution is 0.0827. The second kappa shape index (κ2) is 9.18. The van der Waals surface area contributed by atoms with E-state index in [1.807, 2.05) is 36.7 Å². The maximum absolute atomic E-state index is 12.3. The normalized spacial score (nSPS) is 14.4. The molecule has 2 heterocycles. The zero-order valence-corrected chi connectivity index (χ0v) is 18.4. The van der Waals surface area contributed by atoms with Crippen molar-refractivity contribution in [1.29, 1.82) is 0 Å². The Bertz CT molecular complexity index is 1040. The number of likely N-dealkylation sites (N-methyl/N-ethyl adjacent to an activating group) is 1. The number of rotatable bonds is 5. The fourth-order valence-electron chi connectivity index (χ4n) is 3.74. The number of aromatic nitrogens is 1. The van der Waals surface area contributed by atoms with Gasteiger partial charge in [-0.25, -0.2) is 0 Å². The number of benzene rings is 2. The summed E-state index contributed by atoms with van der Waals surface area (Å²) >= 11 is 0. The molecular weight excluding hydrogens is 386 g/mol. The molecule has 0 bridgehead atoms. The molecule has 3 aromatic rings. The van der Waals surface area contributed by atoms with Crippen LogP contribution < -0.4 is 10.2 Å². The lowest BCUT2D eigenvalue weighted by atomic mass is 10.0. The third-order valence-electron chi connectivity index (χ3n) is 5.61. The topological polar surface area (TPSA) is 51.7 Å². The number of nitrogens with one attached hydrogen (secondary N) is 1. The van der Waals surface area contributed by atoms with Crippen molar-refractivity contribution in [3.8, 4) is 11.1 Å². The van der Waals surface area contributed by atoms with Crippen LogP contribution in [0, 0.1) is 0 Å². The Balaban J connectivity index is 1.48. The van der Waals surface area contributed by atoms with Gasteiger partial charge in [0.15, 0.2) is 0 Å². The van der Waals surface area contributed by atoms with Gasteiger partial charge < -0.3 is 20.0 Å². The molecule has 4 rings (SSSR count). The predicted molar refractivity (Wildman–Crippen MR) is 127 cm³/mol. The number of anilines is 3. The molecule has 6 nitrogen and oxygen atoms in total. The monoisotopic (exact) mass is 415 g/mol. The van der Waals surface area contributed by atoms with Gasteiger partial charge in [0.2, 0.25) is 0 Å². The van der Waals surface area contributed by atoms with E-state index in [-0.39, 0.29) is 5.91 Å². The van der Waals surface area contributed by atoms with Crippen LogP contribution >= 0.6 is 0 Å². The summed E-state index contributed by atoms with van der Waals surface area (Å²) in [7, 11) is 5.69. The van der Waals surface area contributed by atoms with Gasteiger partial charge in [-0.05, 0) is 55.1 Å². The Morgan fingerprint density at radius 2 is 1.65 bits per heavy atom. The van der Waals surface area contributed by atoms with Crippen LogP contribution in [0.2, 0.25) is 0 Å². The van der Waals surface area contributed by atoms with Crippen LogP contribution in [-0.2, 0) is 0 Å². The van der Waals surface area contributed by atoms with Crippen LogP contribution in [0.25, 0.3) is 11.1 Å². The lowest BCUT2D eigenvalue weighted by Crippen LogP contribution is -2.44. The van der Waals surface area contributed by atoms with Gasteiger partial charge in [-0.3, -0.25) is 9.78 Å². The number of nitrogens with zero attached hydrogens (tertiary/aromatic N) is 4. The molecule has 0 unspecified atom stereocenters. The molecule has 1 N–H and O–H groups in total. The molecule has 6 heteroatoms. The number of amides is 1. The van der Waals surface area contributed by atoms with E-state index in [9.17, 15) is 4.79 Å². The highest BCUT2D eigenvalue weighted by Gasteiger charge is 2.14. The van der Waals surface area contributed by atoms with E-state index in [1.165, 1.54) is 5.69 Å². The smallest absolute Gasteiger partial charge is 0.253 e. The van der Waals surface area contributed by atoms with Gasteiger partial charge in [-0.15, -0.1) is 0 Å². The Kier molecular flexibility index (Phi) is 6.18. The highest BCUT2D eigenvalue weighted by atomic mass is 16.2. The van der Waals surface area contributed by atoms with E-state index in [2.05, 4.69) is 57.5 Å². The zero-order valence-electron chi connectivity index (χ0n) is 18.4. The van der Waals surface area contributed by atoms with Crippen molar-refractivity contribution in [2.45, 2.75) is 0 Å². The molecule has 160 valence electrons. The molecule has 1 aliphatic heterocycles. The van der Waals surface area contributed by atoms with Crippen molar-refractivity contribution < 1.29 is 4.79 Å². The minimum atomic E-state index is -0.00970. The van der Waals surface area contributed by atoms with Gasteiger partial charge in [0, 0.05) is 69.0 Å². The van der Waals surface area contributed by atoms with Crippen LogP contribution in [0.1, 0.15) is 10.4 Å². The molecule has 0 atom stereocenters. The SMILES string of the molecule is CN1CCN(c2ccc(Nc3cncc(-c4cccc(C(=O)N(C)C)c4)c3)cc2)CC1. The molecule has 1 amide bonds. The first-order valence-corrected chi connectivity index (χ1v) is 10.6. The average Bonchev–Trinajstić information content (AvgIpc) is 2.80. The van der Waals surface area contributed by atoms with E-state index in [1.54, 1.807) is 19.0 Å². The Morgan fingerprint density at radius 3 is 2.35 bits per heavy atom. The summed E-state index contributed by atoms with van der Waals surface area (Å²) in [6, 6.07) is 18.3. The van der Waals surface area contributed by atoms with Gasteiger partial charge in [0.1, 0.15) is 0 Å². The number of pyridine rings is 1. The summed E-state index contributed by atoms with van der Waals surface area (Å²) < 4.78 is 0. The molecular formula is C25H29N5O. The van der Waals surface area contributed by atoms with Gasteiger partial charge >= 0.3 is 0 Å². The van der Waals surface area contributed by atoms with Crippen molar-refractivity contribution in [3.63, 3.8) is 0 Å². The molecule has 31 heavy (non-hydrogen) atoms. The summed E-state index contributed by atoms with van der Waals surface area (Å²) in [5.41, 5.74) is 5.79. The quantitative estimate of drug-likeness (QED) is 0.684. The number of piperazine rings is 1. The standard InChI is InChI=1S/C25H29N5O/c1-28(2)25(31)20-6-4-5-19(15-20)21-16-23(18-26-17-21)27-22-7-9-24(10-8-22)30-13-11-29(3)12-14-30/h4-10,15-18,27H,11-14H2,1-3H3. The molecule has 1 saturated heterocycles. The van der Waals surface area contributed by atoms with Gasteiger partial charge in [-0.2, -0.15) is 0 Å². The Labute approximate surface area is 184 Å². The van der Waals surface area contributed by atoms with Crippen molar-refractivity contribution in [3.05, 3.63) is 72.6 Å². The van der Waals surface area contributed by atoms with Crippen molar-refractivity contribution in [1.82, 2.24) is 14.8 Å². The number of carbonyl (C=O) groups is 1. The number of hydrogen-bond donors (Lipinski definition) is 1. The van der Waals surface area contributed by atoms with Crippen molar-refractivity contribution >= 4 is 23.0 Å². The Hall–Kier alpha value is -3.38.